The van der Waals surface area contributed by atoms with Gasteiger partial charge in [0.15, 0.2) is 0 Å². The van der Waals surface area contributed by atoms with Crippen LogP contribution in [0.25, 0.3) is 16.6 Å². The Kier molecular flexibility index (Phi) is 5.90. The van der Waals surface area contributed by atoms with Crippen molar-refractivity contribution >= 4 is 22.6 Å². The Balaban J connectivity index is 1.60. The first-order chi connectivity index (χ1) is 16.9. The van der Waals surface area contributed by atoms with E-state index in [-0.39, 0.29) is 17.1 Å². The topological polar surface area (TPSA) is 84.7 Å². The normalized spacial score (nSPS) is 15.5. The lowest BCUT2D eigenvalue weighted by molar-refractivity contribution is 0.0695. The third-order valence-electron chi connectivity index (χ3n) is 6.16. The highest BCUT2D eigenvalue weighted by atomic mass is 19.1. The van der Waals surface area contributed by atoms with Crippen molar-refractivity contribution in [3.63, 3.8) is 0 Å². The molecule has 0 amide bonds. The number of carbonyl (C=O) groups is 1. The molecule has 35 heavy (non-hydrogen) atoms. The van der Waals surface area contributed by atoms with E-state index in [1.165, 1.54) is 35.0 Å². The smallest absolute Gasteiger partial charge is 0.341 e. The molecule has 0 saturated carbocycles. The van der Waals surface area contributed by atoms with E-state index in [0.29, 0.717) is 30.2 Å². The SMILES string of the molecule is O=C(O)c1cn(-c2ccc(F)cc2)c2cc(N3CCC[C@@H]3COc3ccccn3)c(F)cc2c1=O. The summed E-state index contributed by atoms with van der Waals surface area (Å²) < 4.78 is 36.2. The first-order valence-electron chi connectivity index (χ1n) is 11.1. The highest BCUT2D eigenvalue weighted by molar-refractivity contribution is 5.94. The van der Waals surface area contributed by atoms with Crippen molar-refractivity contribution in [2.45, 2.75) is 18.9 Å². The number of nitrogens with zero attached hydrogens (tertiary/aromatic N) is 3. The largest absolute Gasteiger partial charge is 0.477 e. The predicted octanol–water partition coefficient (Wildman–Crippen LogP) is 4.41. The Morgan fingerprint density at radius 2 is 1.94 bits per heavy atom. The molecular weight excluding hydrogens is 456 g/mol. The summed E-state index contributed by atoms with van der Waals surface area (Å²) in [6.07, 6.45) is 4.43. The van der Waals surface area contributed by atoms with Gasteiger partial charge in [0.2, 0.25) is 11.3 Å². The summed E-state index contributed by atoms with van der Waals surface area (Å²) in [5.41, 5.74) is -0.250. The number of carboxylic acid groups (broad SMARTS) is 1. The van der Waals surface area contributed by atoms with Crippen LogP contribution in [0.2, 0.25) is 0 Å². The molecule has 4 aromatic rings. The fourth-order valence-electron chi connectivity index (χ4n) is 4.46. The number of aromatic nitrogens is 2. The van der Waals surface area contributed by atoms with Crippen molar-refractivity contribution < 1.29 is 23.4 Å². The van der Waals surface area contributed by atoms with Gasteiger partial charge in [-0.1, -0.05) is 6.07 Å². The van der Waals surface area contributed by atoms with Crippen LogP contribution in [0.5, 0.6) is 5.88 Å². The maximum atomic E-state index is 15.4. The molecule has 0 bridgehead atoms. The lowest BCUT2D eigenvalue weighted by Crippen LogP contribution is -2.35. The van der Waals surface area contributed by atoms with Gasteiger partial charge in [0.1, 0.15) is 23.8 Å². The Hall–Kier alpha value is -4.27. The molecule has 0 unspecified atom stereocenters. The monoisotopic (exact) mass is 477 g/mol. The average molecular weight is 477 g/mol. The zero-order chi connectivity index (χ0) is 24.5. The van der Waals surface area contributed by atoms with Gasteiger partial charge in [-0.2, -0.15) is 0 Å². The summed E-state index contributed by atoms with van der Waals surface area (Å²) in [5, 5.41) is 9.46. The van der Waals surface area contributed by atoms with Gasteiger partial charge < -0.3 is 19.3 Å². The van der Waals surface area contributed by atoms with E-state index in [1.54, 1.807) is 24.4 Å². The van der Waals surface area contributed by atoms with Crippen LogP contribution in [0, 0.1) is 11.6 Å². The van der Waals surface area contributed by atoms with Crippen LogP contribution in [0.3, 0.4) is 0 Å². The van der Waals surface area contributed by atoms with Gasteiger partial charge in [0.05, 0.1) is 17.2 Å². The number of halogens is 2. The Morgan fingerprint density at radius 3 is 2.66 bits per heavy atom. The molecule has 1 aliphatic rings. The molecule has 7 nitrogen and oxygen atoms in total. The van der Waals surface area contributed by atoms with Gasteiger partial charge in [-0.05, 0) is 55.3 Å². The van der Waals surface area contributed by atoms with E-state index in [4.69, 9.17) is 4.74 Å². The van der Waals surface area contributed by atoms with E-state index in [0.717, 1.165) is 18.9 Å². The van der Waals surface area contributed by atoms with Gasteiger partial charge in [-0.3, -0.25) is 4.79 Å². The number of hydrogen-bond acceptors (Lipinski definition) is 5. The first-order valence-corrected chi connectivity index (χ1v) is 11.1. The molecule has 5 rings (SSSR count). The quantitative estimate of drug-likeness (QED) is 0.443. The van der Waals surface area contributed by atoms with Gasteiger partial charge in [-0.25, -0.2) is 18.6 Å². The zero-order valence-corrected chi connectivity index (χ0v) is 18.5. The number of aromatic carboxylic acids is 1. The van der Waals surface area contributed by atoms with Crippen LogP contribution in [0.1, 0.15) is 23.2 Å². The standard InChI is InChI=1S/C26H21F2N3O4/c27-16-6-8-17(9-7-16)31-14-20(26(33)34)25(32)19-12-21(28)23(13-22(19)31)30-11-3-4-18(30)15-35-24-5-1-2-10-29-24/h1-2,5-10,12-14,18H,3-4,11,15H2,(H,33,34)/t18-/m1/s1. The molecule has 0 aliphatic carbocycles. The fourth-order valence-corrected chi connectivity index (χ4v) is 4.46. The molecule has 178 valence electrons. The summed E-state index contributed by atoms with van der Waals surface area (Å²) in [7, 11) is 0. The first kappa shape index (κ1) is 22.5. The number of hydrogen-bond donors (Lipinski definition) is 1. The molecule has 9 heteroatoms. The minimum absolute atomic E-state index is 0.0732. The molecule has 3 heterocycles. The van der Waals surface area contributed by atoms with Crippen molar-refractivity contribution in [3.8, 4) is 11.6 Å². The molecule has 1 N–H and O–H groups in total. The lowest BCUT2D eigenvalue weighted by Gasteiger charge is -2.27. The average Bonchev–Trinajstić information content (AvgIpc) is 3.32. The Labute approximate surface area is 198 Å². The van der Waals surface area contributed by atoms with Gasteiger partial charge in [0, 0.05) is 36.1 Å². The second-order valence-electron chi connectivity index (χ2n) is 8.31. The second-order valence-corrected chi connectivity index (χ2v) is 8.31. The molecule has 0 radical (unpaired) electrons. The maximum absolute atomic E-state index is 15.4. The number of carboxylic acids is 1. The summed E-state index contributed by atoms with van der Waals surface area (Å²) >= 11 is 0. The number of anilines is 1. The van der Waals surface area contributed by atoms with E-state index >= 15 is 4.39 Å². The summed E-state index contributed by atoms with van der Waals surface area (Å²) in [4.78, 5) is 30.6. The van der Waals surface area contributed by atoms with E-state index in [9.17, 15) is 19.1 Å². The highest BCUT2D eigenvalue weighted by Crippen LogP contribution is 2.32. The zero-order valence-electron chi connectivity index (χ0n) is 18.5. The number of fused-ring (bicyclic) bond motifs is 1. The van der Waals surface area contributed by atoms with Gasteiger partial charge in [-0.15, -0.1) is 0 Å². The Morgan fingerprint density at radius 1 is 1.14 bits per heavy atom. The van der Waals surface area contributed by atoms with Crippen molar-refractivity contribution in [1.29, 1.82) is 0 Å². The van der Waals surface area contributed by atoms with E-state index in [2.05, 4.69) is 4.98 Å². The van der Waals surface area contributed by atoms with Crippen LogP contribution in [0.4, 0.5) is 14.5 Å². The molecule has 1 aliphatic heterocycles. The molecule has 2 aromatic carbocycles. The predicted molar refractivity (Wildman–Crippen MR) is 127 cm³/mol. The molecule has 1 atom stereocenters. The van der Waals surface area contributed by atoms with Gasteiger partial charge >= 0.3 is 5.97 Å². The van der Waals surface area contributed by atoms with Crippen molar-refractivity contribution in [2.75, 3.05) is 18.1 Å². The number of pyridine rings is 2. The van der Waals surface area contributed by atoms with E-state index in [1.807, 2.05) is 11.0 Å². The number of rotatable bonds is 6. The third-order valence-corrected chi connectivity index (χ3v) is 6.16. The Bertz CT molecular complexity index is 1460. The summed E-state index contributed by atoms with van der Waals surface area (Å²) in [6, 6.07) is 13.2. The van der Waals surface area contributed by atoms with Crippen LogP contribution in [-0.4, -0.2) is 39.8 Å². The number of ether oxygens (including phenoxy) is 1. The third kappa shape index (κ3) is 4.32. The summed E-state index contributed by atoms with van der Waals surface area (Å²) in [5.74, 6) is -2.04. The lowest BCUT2D eigenvalue weighted by atomic mass is 10.1. The molecule has 1 saturated heterocycles. The summed E-state index contributed by atoms with van der Waals surface area (Å²) in [6.45, 7) is 0.893. The second kappa shape index (κ2) is 9.17. The minimum atomic E-state index is -1.43. The molecule has 0 spiro atoms. The highest BCUT2D eigenvalue weighted by Gasteiger charge is 2.29. The molecule has 2 aromatic heterocycles. The number of benzene rings is 2. The van der Waals surface area contributed by atoms with Crippen molar-refractivity contribution in [2.24, 2.45) is 0 Å². The molecule has 1 fully saturated rings. The van der Waals surface area contributed by atoms with Gasteiger partial charge in [0.25, 0.3) is 0 Å². The van der Waals surface area contributed by atoms with Crippen LogP contribution >= 0.6 is 0 Å². The van der Waals surface area contributed by atoms with E-state index < -0.39 is 28.6 Å². The van der Waals surface area contributed by atoms with Crippen LogP contribution in [-0.2, 0) is 0 Å². The maximum Gasteiger partial charge on any atom is 0.341 e. The minimum Gasteiger partial charge on any atom is -0.477 e. The van der Waals surface area contributed by atoms with Crippen LogP contribution in [0.15, 0.2) is 71.8 Å². The fraction of sp³-hybridized carbons (Fsp3) is 0.192. The molecular formula is C26H21F2N3O4. The van der Waals surface area contributed by atoms with Crippen LogP contribution < -0.4 is 15.1 Å². The van der Waals surface area contributed by atoms with Crippen molar-refractivity contribution in [3.05, 3.63) is 94.4 Å². The van der Waals surface area contributed by atoms with Crippen molar-refractivity contribution in [1.82, 2.24) is 9.55 Å².